The first-order valence-corrected chi connectivity index (χ1v) is 6.29. The van der Waals surface area contributed by atoms with Crippen LogP contribution in [0.3, 0.4) is 0 Å². The molecule has 0 N–H and O–H groups in total. The number of benzene rings is 1. The molecule has 0 aliphatic heterocycles. The van der Waals surface area contributed by atoms with E-state index in [-0.39, 0.29) is 19.0 Å². The number of nitrogens with zero attached hydrogens (tertiary/aromatic N) is 2. The zero-order chi connectivity index (χ0) is 14.8. The Kier molecular flexibility index (Phi) is 4.49. The fourth-order valence-electron chi connectivity index (χ4n) is 1.84. The topological polar surface area (TPSA) is 27.1 Å². The number of imidazole rings is 1. The maximum Gasteiger partial charge on any atom is 0.411 e. The van der Waals surface area contributed by atoms with E-state index in [2.05, 4.69) is 9.72 Å². The van der Waals surface area contributed by atoms with Crippen LogP contribution in [0.25, 0.3) is 11.0 Å². The molecule has 1 heterocycles. The van der Waals surface area contributed by atoms with Gasteiger partial charge in [0, 0.05) is 6.54 Å². The van der Waals surface area contributed by atoms with Crippen LogP contribution in [0.1, 0.15) is 5.82 Å². The van der Waals surface area contributed by atoms with Crippen molar-refractivity contribution in [2.24, 2.45) is 0 Å². The van der Waals surface area contributed by atoms with Crippen molar-refractivity contribution in [2.75, 3.05) is 13.2 Å². The smallest absolute Gasteiger partial charge is 0.370 e. The number of alkyl halides is 4. The van der Waals surface area contributed by atoms with Gasteiger partial charge in [-0.25, -0.2) is 9.37 Å². The van der Waals surface area contributed by atoms with E-state index in [0.717, 1.165) is 0 Å². The number of fused-ring (bicyclic) bond motifs is 1. The first-order chi connectivity index (χ1) is 9.40. The second-order valence-electron chi connectivity index (χ2n) is 4.11. The number of halogens is 5. The van der Waals surface area contributed by atoms with Gasteiger partial charge in [0.25, 0.3) is 0 Å². The molecule has 8 heteroatoms. The van der Waals surface area contributed by atoms with Crippen molar-refractivity contribution in [1.82, 2.24) is 9.55 Å². The monoisotopic (exact) mass is 310 g/mol. The molecule has 0 bridgehead atoms. The Labute approximate surface area is 117 Å². The molecule has 0 atom stereocenters. The summed E-state index contributed by atoms with van der Waals surface area (Å²) in [4.78, 5) is 4.19. The van der Waals surface area contributed by atoms with Gasteiger partial charge in [0.15, 0.2) is 0 Å². The molecule has 20 heavy (non-hydrogen) atoms. The number of hydrogen-bond acceptors (Lipinski definition) is 2. The van der Waals surface area contributed by atoms with Crippen molar-refractivity contribution in [2.45, 2.75) is 18.6 Å². The van der Waals surface area contributed by atoms with Gasteiger partial charge in [0.1, 0.15) is 18.2 Å². The summed E-state index contributed by atoms with van der Waals surface area (Å²) < 4.78 is 55.2. The summed E-state index contributed by atoms with van der Waals surface area (Å²) in [6.07, 6.45) is -4.36. The first kappa shape index (κ1) is 15.1. The average Bonchev–Trinajstić information content (AvgIpc) is 2.71. The molecule has 0 amide bonds. The van der Waals surface area contributed by atoms with E-state index in [0.29, 0.717) is 16.9 Å². The maximum atomic E-state index is 13.2. The molecule has 3 nitrogen and oxygen atoms in total. The van der Waals surface area contributed by atoms with Crippen molar-refractivity contribution in [3.8, 4) is 0 Å². The Morgan fingerprint density at radius 2 is 2.05 bits per heavy atom. The molecule has 0 aliphatic rings. The minimum atomic E-state index is -4.36. The largest absolute Gasteiger partial charge is 0.411 e. The molecule has 0 saturated heterocycles. The van der Waals surface area contributed by atoms with E-state index in [4.69, 9.17) is 11.6 Å². The molecule has 0 aliphatic carbocycles. The van der Waals surface area contributed by atoms with Gasteiger partial charge in [0.05, 0.1) is 23.5 Å². The quantitative estimate of drug-likeness (QED) is 0.480. The molecule has 0 unspecified atom stereocenters. The zero-order valence-corrected chi connectivity index (χ0v) is 11.0. The van der Waals surface area contributed by atoms with Crippen molar-refractivity contribution in [1.29, 1.82) is 0 Å². The summed E-state index contributed by atoms with van der Waals surface area (Å²) in [7, 11) is 0. The number of rotatable bonds is 5. The van der Waals surface area contributed by atoms with Crippen LogP contribution in [0.4, 0.5) is 17.6 Å². The third-order valence-electron chi connectivity index (χ3n) is 2.63. The molecular formula is C12H11ClF4N2O. The second kappa shape index (κ2) is 5.97. The van der Waals surface area contributed by atoms with Gasteiger partial charge >= 0.3 is 6.18 Å². The maximum absolute atomic E-state index is 13.2. The summed E-state index contributed by atoms with van der Waals surface area (Å²) in [5.41, 5.74) is 1.02. The van der Waals surface area contributed by atoms with E-state index < -0.39 is 18.6 Å². The van der Waals surface area contributed by atoms with Crippen molar-refractivity contribution < 1.29 is 22.3 Å². The first-order valence-electron chi connectivity index (χ1n) is 5.76. The van der Waals surface area contributed by atoms with Gasteiger partial charge in [-0.3, -0.25) is 0 Å². The molecule has 0 saturated carbocycles. The van der Waals surface area contributed by atoms with E-state index in [1.54, 1.807) is 4.57 Å². The van der Waals surface area contributed by atoms with Crippen LogP contribution in [0.5, 0.6) is 0 Å². The summed E-state index contributed by atoms with van der Waals surface area (Å²) in [5.74, 6) is 0.0918. The minimum absolute atomic E-state index is 0.0789. The highest BCUT2D eigenvalue weighted by atomic mass is 35.5. The fourth-order valence-corrected chi connectivity index (χ4v) is 2.05. The number of ether oxygens (including phenoxy) is 1. The fraction of sp³-hybridized carbons (Fsp3) is 0.417. The van der Waals surface area contributed by atoms with Gasteiger partial charge in [-0.05, 0) is 18.2 Å². The standard InChI is InChI=1S/C12H11ClF4N2O/c13-6-11-18-9-2-1-8(14)5-10(9)19(11)3-4-20-7-12(15,16)17/h1-2,5H,3-4,6-7H2. The van der Waals surface area contributed by atoms with Gasteiger partial charge in [-0.15, -0.1) is 11.6 Å². The van der Waals surface area contributed by atoms with Gasteiger partial charge in [-0.1, -0.05) is 0 Å². The second-order valence-corrected chi connectivity index (χ2v) is 4.38. The van der Waals surface area contributed by atoms with Crippen molar-refractivity contribution in [3.05, 3.63) is 29.8 Å². The van der Waals surface area contributed by atoms with Gasteiger partial charge < -0.3 is 9.30 Å². The minimum Gasteiger partial charge on any atom is -0.370 e. The zero-order valence-electron chi connectivity index (χ0n) is 10.3. The lowest BCUT2D eigenvalue weighted by molar-refractivity contribution is -0.174. The number of hydrogen-bond donors (Lipinski definition) is 0. The van der Waals surface area contributed by atoms with Crippen LogP contribution in [0, 0.1) is 5.82 Å². The highest BCUT2D eigenvalue weighted by Crippen LogP contribution is 2.19. The summed E-state index contributed by atoms with van der Waals surface area (Å²) >= 11 is 5.73. The van der Waals surface area contributed by atoms with E-state index in [1.807, 2.05) is 0 Å². The van der Waals surface area contributed by atoms with Crippen LogP contribution in [0.15, 0.2) is 18.2 Å². The lowest BCUT2D eigenvalue weighted by Gasteiger charge is -2.10. The summed E-state index contributed by atoms with van der Waals surface area (Å²) in [6.45, 7) is -1.35. The highest BCUT2D eigenvalue weighted by Gasteiger charge is 2.27. The Bertz CT molecular complexity index is 597. The summed E-state index contributed by atoms with van der Waals surface area (Å²) in [5, 5.41) is 0. The SMILES string of the molecule is Fc1ccc2nc(CCl)n(CCOCC(F)(F)F)c2c1. The van der Waals surface area contributed by atoms with Gasteiger partial charge in [-0.2, -0.15) is 13.2 Å². The van der Waals surface area contributed by atoms with E-state index >= 15 is 0 Å². The molecule has 110 valence electrons. The Morgan fingerprint density at radius 1 is 1.30 bits per heavy atom. The van der Waals surface area contributed by atoms with Crippen LogP contribution in [-0.2, 0) is 17.2 Å². The van der Waals surface area contributed by atoms with Crippen molar-refractivity contribution in [3.63, 3.8) is 0 Å². The van der Waals surface area contributed by atoms with Crippen LogP contribution >= 0.6 is 11.6 Å². The van der Waals surface area contributed by atoms with Crippen molar-refractivity contribution >= 4 is 22.6 Å². The molecule has 1 aromatic heterocycles. The Hall–Kier alpha value is -1.34. The molecule has 1 aromatic carbocycles. The normalized spacial score (nSPS) is 12.2. The predicted molar refractivity (Wildman–Crippen MR) is 66.1 cm³/mol. The Balaban J connectivity index is 2.13. The lowest BCUT2D eigenvalue weighted by Crippen LogP contribution is -2.19. The van der Waals surface area contributed by atoms with Crippen LogP contribution in [0.2, 0.25) is 0 Å². The highest BCUT2D eigenvalue weighted by molar-refractivity contribution is 6.16. The van der Waals surface area contributed by atoms with Crippen LogP contribution < -0.4 is 0 Å². The Morgan fingerprint density at radius 3 is 2.70 bits per heavy atom. The van der Waals surface area contributed by atoms with E-state index in [9.17, 15) is 17.6 Å². The van der Waals surface area contributed by atoms with Gasteiger partial charge in [0.2, 0.25) is 0 Å². The summed E-state index contributed by atoms with van der Waals surface area (Å²) in [6, 6.07) is 4.02. The lowest BCUT2D eigenvalue weighted by atomic mass is 10.3. The predicted octanol–water partition coefficient (Wildman–Crippen LogP) is 3.49. The van der Waals surface area contributed by atoms with E-state index in [1.165, 1.54) is 18.2 Å². The number of aromatic nitrogens is 2. The van der Waals surface area contributed by atoms with Crippen LogP contribution in [-0.4, -0.2) is 28.9 Å². The third-order valence-corrected chi connectivity index (χ3v) is 2.87. The molecule has 0 spiro atoms. The molecule has 2 rings (SSSR count). The molecular weight excluding hydrogens is 300 g/mol. The third kappa shape index (κ3) is 3.61. The molecule has 2 aromatic rings. The molecule has 0 radical (unpaired) electrons. The average molecular weight is 311 g/mol. The molecule has 0 fully saturated rings.